The van der Waals surface area contributed by atoms with Gasteiger partial charge in [-0.3, -0.25) is 0 Å². The van der Waals surface area contributed by atoms with Gasteiger partial charge in [0, 0.05) is 6.54 Å². The number of nitrogens with zero attached hydrogens (tertiary/aromatic N) is 2. The first kappa shape index (κ1) is 13.9. The molecule has 0 radical (unpaired) electrons. The lowest BCUT2D eigenvalue weighted by Crippen LogP contribution is -2.26. The van der Waals surface area contributed by atoms with Crippen LogP contribution in [0.3, 0.4) is 0 Å². The van der Waals surface area contributed by atoms with E-state index in [4.69, 9.17) is 0 Å². The summed E-state index contributed by atoms with van der Waals surface area (Å²) in [5.41, 5.74) is 1.07. The zero-order valence-corrected chi connectivity index (χ0v) is 12.5. The van der Waals surface area contributed by atoms with Gasteiger partial charge in [0.2, 0.25) is 10.0 Å². The zero-order chi connectivity index (χ0) is 14.0. The van der Waals surface area contributed by atoms with E-state index in [2.05, 4.69) is 18.8 Å². The second kappa shape index (κ2) is 5.72. The molecule has 3 rings (SSSR count). The molecule has 0 saturated carbocycles. The maximum atomic E-state index is 12.3. The van der Waals surface area contributed by atoms with Crippen molar-refractivity contribution in [3.8, 4) is 0 Å². The lowest BCUT2D eigenvalue weighted by Gasteiger charge is -2.10. The van der Waals surface area contributed by atoms with E-state index in [0.29, 0.717) is 23.5 Å². The highest BCUT2D eigenvalue weighted by molar-refractivity contribution is 7.89. The normalized spacial score (nSPS) is 19.7. The summed E-state index contributed by atoms with van der Waals surface area (Å²) in [6, 6.07) is 5.03. The Kier molecular flexibility index (Phi) is 3.97. The number of aromatic nitrogens is 2. The van der Waals surface area contributed by atoms with Gasteiger partial charge in [0.1, 0.15) is 15.9 Å². The van der Waals surface area contributed by atoms with Crippen molar-refractivity contribution in [3.63, 3.8) is 0 Å². The molecular formula is C12H16N4O2S2. The molecule has 1 aromatic heterocycles. The van der Waals surface area contributed by atoms with Crippen LogP contribution < -0.4 is 10.0 Å². The Balaban J connectivity index is 1.72. The van der Waals surface area contributed by atoms with E-state index in [1.807, 2.05) is 0 Å². The van der Waals surface area contributed by atoms with Gasteiger partial charge in [-0.1, -0.05) is 6.07 Å². The summed E-state index contributed by atoms with van der Waals surface area (Å²) in [6.07, 6.45) is 1.98. The predicted octanol–water partition coefficient (Wildman–Crippen LogP) is 0.969. The molecule has 1 unspecified atom stereocenters. The van der Waals surface area contributed by atoms with Crippen LogP contribution in [0, 0.1) is 5.92 Å². The van der Waals surface area contributed by atoms with Crippen LogP contribution in [-0.2, 0) is 10.0 Å². The SMILES string of the molecule is O=S(=O)(NCCC1CCNC1)c1cccc2nsnc12. The summed E-state index contributed by atoms with van der Waals surface area (Å²) < 4.78 is 35.5. The van der Waals surface area contributed by atoms with Crippen molar-refractivity contribution in [1.82, 2.24) is 18.8 Å². The smallest absolute Gasteiger partial charge is 0.242 e. The molecule has 2 aromatic rings. The van der Waals surface area contributed by atoms with Crippen LogP contribution in [0.25, 0.3) is 11.0 Å². The Morgan fingerprint density at radius 2 is 2.30 bits per heavy atom. The van der Waals surface area contributed by atoms with Gasteiger partial charge in [-0.05, 0) is 44.0 Å². The minimum Gasteiger partial charge on any atom is -0.316 e. The van der Waals surface area contributed by atoms with E-state index < -0.39 is 10.0 Å². The summed E-state index contributed by atoms with van der Waals surface area (Å²) in [5.74, 6) is 0.564. The molecule has 0 bridgehead atoms. The number of fused-ring (bicyclic) bond motifs is 1. The van der Waals surface area contributed by atoms with E-state index in [1.54, 1.807) is 18.2 Å². The van der Waals surface area contributed by atoms with Crippen LogP contribution in [-0.4, -0.2) is 36.8 Å². The second-order valence-electron chi connectivity index (χ2n) is 4.93. The first-order chi connectivity index (χ1) is 9.67. The van der Waals surface area contributed by atoms with Crippen LogP contribution in [0.1, 0.15) is 12.8 Å². The van der Waals surface area contributed by atoms with E-state index in [9.17, 15) is 8.42 Å². The van der Waals surface area contributed by atoms with Crippen molar-refractivity contribution in [3.05, 3.63) is 18.2 Å². The van der Waals surface area contributed by atoms with Gasteiger partial charge in [-0.2, -0.15) is 8.75 Å². The van der Waals surface area contributed by atoms with Crippen LogP contribution in [0.15, 0.2) is 23.1 Å². The summed E-state index contributed by atoms with van der Waals surface area (Å²) in [4.78, 5) is 0.216. The fourth-order valence-electron chi connectivity index (χ4n) is 2.43. The van der Waals surface area contributed by atoms with E-state index in [1.165, 1.54) is 0 Å². The standard InChI is InChI=1S/C12H16N4O2S2/c17-20(18,14-7-5-9-4-6-13-8-9)11-3-1-2-10-12(11)16-19-15-10/h1-3,9,13-14H,4-8H2. The lowest BCUT2D eigenvalue weighted by atomic mass is 10.1. The highest BCUT2D eigenvalue weighted by atomic mass is 32.2. The molecule has 1 atom stereocenters. The van der Waals surface area contributed by atoms with Gasteiger partial charge >= 0.3 is 0 Å². The summed E-state index contributed by atoms with van der Waals surface area (Å²) in [6.45, 7) is 2.47. The zero-order valence-electron chi connectivity index (χ0n) is 10.9. The van der Waals surface area contributed by atoms with Gasteiger partial charge in [-0.15, -0.1) is 0 Å². The fraction of sp³-hybridized carbons (Fsp3) is 0.500. The maximum Gasteiger partial charge on any atom is 0.242 e. The van der Waals surface area contributed by atoms with Gasteiger partial charge in [0.25, 0.3) is 0 Å². The summed E-state index contributed by atoms with van der Waals surface area (Å²) in [7, 11) is -3.51. The minimum absolute atomic E-state index is 0.216. The molecule has 20 heavy (non-hydrogen) atoms. The molecule has 1 aliphatic rings. The molecular weight excluding hydrogens is 296 g/mol. The third-order valence-corrected chi connectivity index (χ3v) is 5.58. The first-order valence-electron chi connectivity index (χ1n) is 6.58. The third kappa shape index (κ3) is 2.83. The van der Waals surface area contributed by atoms with Gasteiger partial charge in [0.15, 0.2) is 0 Å². The molecule has 2 N–H and O–H groups in total. The number of hydrogen-bond donors (Lipinski definition) is 2. The second-order valence-corrected chi connectivity index (χ2v) is 7.20. The van der Waals surface area contributed by atoms with Crippen molar-refractivity contribution in [2.24, 2.45) is 5.92 Å². The molecule has 0 spiro atoms. The molecule has 0 amide bonds. The van der Waals surface area contributed by atoms with E-state index in [0.717, 1.165) is 37.7 Å². The molecule has 0 aliphatic carbocycles. The number of hydrogen-bond acceptors (Lipinski definition) is 6. The number of benzene rings is 1. The number of rotatable bonds is 5. The van der Waals surface area contributed by atoms with Crippen LogP contribution in [0.5, 0.6) is 0 Å². The molecule has 108 valence electrons. The fourth-order valence-corrected chi connectivity index (χ4v) is 4.25. The highest BCUT2D eigenvalue weighted by Gasteiger charge is 2.20. The van der Waals surface area contributed by atoms with Gasteiger partial charge < -0.3 is 5.32 Å². The van der Waals surface area contributed by atoms with Crippen LogP contribution in [0.4, 0.5) is 0 Å². The molecule has 1 aromatic carbocycles. The molecule has 1 aliphatic heterocycles. The Labute approximate surface area is 122 Å². The summed E-state index contributed by atoms with van der Waals surface area (Å²) in [5, 5.41) is 3.28. The molecule has 8 heteroatoms. The molecule has 6 nitrogen and oxygen atoms in total. The quantitative estimate of drug-likeness (QED) is 0.859. The predicted molar refractivity (Wildman–Crippen MR) is 78.2 cm³/mol. The number of sulfonamides is 1. The van der Waals surface area contributed by atoms with Crippen LogP contribution in [0.2, 0.25) is 0 Å². The third-order valence-electron chi connectivity index (χ3n) is 3.55. The van der Waals surface area contributed by atoms with Crippen LogP contribution >= 0.6 is 11.7 Å². The summed E-state index contributed by atoms with van der Waals surface area (Å²) >= 11 is 1.03. The van der Waals surface area contributed by atoms with E-state index in [-0.39, 0.29) is 4.90 Å². The van der Waals surface area contributed by atoms with E-state index >= 15 is 0 Å². The Hall–Kier alpha value is -1.09. The van der Waals surface area contributed by atoms with Crippen molar-refractivity contribution in [2.75, 3.05) is 19.6 Å². The Bertz CT molecular complexity index is 692. The average Bonchev–Trinajstić information content (AvgIpc) is 3.08. The highest BCUT2D eigenvalue weighted by Crippen LogP contribution is 2.21. The lowest BCUT2D eigenvalue weighted by molar-refractivity contribution is 0.519. The Morgan fingerprint density at radius 1 is 1.40 bits per heavy atom. The van der Waals surface area contributed by atoms with Crippen molar-refractivity contribution < 1.29 is 8.42 Å². The largest absolute Gasteiger partial charge is 0.316 e. The molecule has 1 saturated heterocycles. The average molecular weight is 312 g/mol. The number of nitrogens with one attached hydrogen (secondary N) is 2. The van der Waals surface area contributed by atoms with Crippen molar-refractivity contribution in [2.45, 2.75) is 17.7 Å². The van der Waals surface area contributed by atoms with Crippen molar-refractivity contribution in [1.29, 1.82) is 0 Å². The van der Waals surface area contributed by atoms with Gasteiger partial charge in [0.05, 0.1) is 11.7 Å². The van der Waals surface area contributed by atoms with Gasteiger partial charge in [-0.25, -0.2) is 13.1 Å². The first-order valence-corrected chi connectivity index (χ1v) is 8.80. The molecule has 2 heterocycles. The molecule has 1 fully saturated rings. The minimum atomic E-state index is -3.51. The topological polar surface area (TPSA) is 84.0 Å². The Morgan fingerprint density at radius 3 is 3.10 bits per heavy atom. The maximum absolute atomic E-state index is 12.3. The van der Waals surface area contributed by atoms with Crippen molar-refractivity contribution >= 4 is 32.8 Å². The monoisotopic (exact) mass is 312 g/mol.